The molecule has 1 aromatic rings. The van der Waals surface area contributed by atoms with Gasteiger partial charge in [0.25, 0.3) is 0 Å². The second-order valence-corrected chi connectivity index (χ2v) is 5.64. The molecule has 0 unspecified atom stereocenters. The van der Waals surface area contributed by atoms with Gasteiger partial charge in [0.2, 0.25) is 0 Å². The molecule has 2 fully saturated rings. The normalized spacial score (nSPS) is 34.2. The molecule has 2 heteroatoms. The summed E-state index contributed by atoms with van der Waals surface area (Å²) in [6, 6.07) is 10.8. The Morgan fingerprint density at radius 1 is 1.38 bits per heavy atom. The Morgan fingerprint density at radius 2 is 2.19 bits per heavy atom. The van der Waals surface area contributed by atoms with Crippen molar-refractivity contribution < 1.29 is 0 Å². The monoisotopic (exact) mass is 216 g/mol. The van der Waals surface area contributed by atoms with Crippen LogP contribution >= 0.6 is 0 Å². The van der Waals surface area contributed by atoms with E-state index in [1.54, 1.807) is 0 Å². The molecule has 0 amide bonds. The summed E-state index contributed by atoms with van der Waals surface area (Å²) in [5, 5.41) is 3.52. The molecule has 2 saturated heterocycles. The standard InChI is InChI=1S/C14H20N2/c1-14-10-15-7-13(14)9-16(11-14)8-12-5-3-2-4-6-12/h2-6,13,15H,7-11H2,1H3/t13-,14-/m0/s1. The largest absolute Gasteiger partial charge is 0.316 e. The summed E-state index contributed by atoms with van der Waals surface area (Å²) in [6.07, 6.45) is 0. The average molecular weight is 216 g/mol. The van der Waals surface area contributed by atoms with E-state index >= 15 is 0 Å². The van der Waals surface area contributed by atoms with Gasteiger partial charge in [-0.25, -0.2) is 0 Å². The van der Waals surface area contributed by atoms with Gasteiger partial charge in [0, 0.05) is 26.2 Å². The number of benzene rings is 1. The number of rotatable bonds is 2. The highest BCUT2D eigenvalue weighted by molar-refractivity contribution is 5.15. The van der Waals surface area contributed by atoms with Crippen molar-refractivity contribution >= 4 is 0 Å². The molecule has 16 heavy (non-hydrogen) atoms. The van der Waals surface area contributed by atoms with Gasteiger partial charge in [0.1, 0.15) is 0 Å². The van der Waals surface area contributed by atoms with Gasteiger partial charge in [-0.3, -0.25) is 4.90 Å². The fourth-order valence-electron chi connectivity index (χ4n) is 3.24. The van der Waals surface area contributed by atoms with E-state index in [0.717, 1.165) is 12.5 Å². The summed E-state index contributed by atoms with van der Waals surface area (Å²) >= 11 is 0. The number of hydrogen-bond donors (Lipinski definition) is 1. The van der Waals surface area contributed by atoms with Crippen molar-refractivity contribution in [2.75, 3.05) is 26.2 Å². The third-order valence-corrected chi connectivity index (χ3v) is 4.22. The average Bonchev–Trinajstić information content (AvgIpc) is 2.74. The van der Waals surface area contributed by atoms with E-state index < -0.39 is 0 Å². The molecule has 3 rings (SSSR count). The van der Waals surface area contributed by atoms with E-state index in [4.69, 9.17) is 0 Å². The Hall–Kier alpha value is -0.860. The molecule has 2 atom stereocenters. The van der Waals surface area contributed by atoms with Crippen LogP contribution in [0.4, 0.5) is 0 Å². The fraction of sp³-hybridized carbons (Fsp3) is 0.571. The van der Waals surface area contributed by atoms with Crippen molar-refractivity contribution in [2.24, 2.45) is 11.3 Å². The zero-order valence-corrected chi connectivity index (χ0v) is 9.95. The summed E-state index contributed by atoms with van der Waals surface area (Å²) in [6.45, 7) is 8.47. The molecule has 0 spiro atoms. The first-order valence-electron chi connectivity index (χ1n) is 6.23. The van der Waals surface area contributed by atoms with Gasteiger partial charge in [0.05, 0.1) is 0 Å². The van der Waals surface area contributed by atoms with Crippen LogP contribution in [0.1, 0.15) is 12.5 Å². The Bertz CT molecular complexity index is 362. The van der Waals surface area contributed by atoms with Gasteiger partial charge < -0.3 is 5.32 Å². The number of likely N-dealkylation sites (tertiary alicyclic amines) is 1. The molecule has 0 aromatic heterocycles. The Balaban J connectivity index is 1.67. The van der Waals surface area contributed by atoms with Crippen molar-refractivity contribution in [2.45, 2.75) is 13.5 Å². The lowest BCUT2D eigenvalue weighted by Gasteiger charge is -2.22. The minimum absolute atomic E-state index is 0.523. The van der Waals surface area contributed by atoms with E-state index in [2.05, 4.69) is 47.5 Å². The van der Waals surface area contributed by atoms with Gasteiger partial charge >= 0.3 is 0 Å². The number of fused-ring (bicyclic) bond motifs is 1. The van der Waals surface area contributed by atoms with Gasteiger partial charge in [-0.2, -0.15) is 0 Å². The zero-order chi connectivity index (χ0) is 11.0. The lowest BCUT2D eigenvalue weighted by molar-refractivity contribution is 0.272. The van der Waals surface area contributed by atoms with Gasteiger partial charge in [-0.05, 0) is 23.4 Å². The molecule has 2 aliphatic rings. The van der Waals surface area contributed by atoms with Crippen LogP contribution in [0.3, 0.4) is 0 Å². The first-order valence-corrected chi connectivity index (χ1v) is 6.23. The summed E-state index contributed by atoms with van der Waals surface area (Å²) in [5.41, 5.74) is 1.97. The van der Waals surface area contributed by atoms with E-state index in [0.29, 0.717) is 5.41 Å². The molecule has 86 valence electrons. The highest BCUT2D eigenvalue weighted by atomic mass is 15.2. The number of nitrogens with zero attached hydrogens (tertiary/aromatic N) is 1. The van der Waals surface area contributed by atoms with Crippen molar-refractivity contribution in [1.82, 2.24) is 10.2 Å². The predicted octanol–water partition coefficient (Wildman–Crippen LogP) is 1.73. The van der Waals surface area contributed by atoms with E-state index in [-0.39, 0.29) is 0 Å². The molecule has 0 radical (unpaired) electrons. The molecule has 2 nitrogen and oxygen atoms in total. The van der Waals surface area contributed by atoms with Crippen LogP contribution in [0.25, 0.3) is 0 Å². The van der Waals surface area contributed by atoms with Crippen molar-refractivity contribution in [1.29, 1.82) is 0 Å². The lowest BCUT2D eigenvalue weighted by Crippen LogP contribution is -2.29. The Morgan fingerprint density at radius 3 is 2.94 bits per heavy atom. The molecular weight excluding hydrogens is 196 g/mol. The minimum Gasteiger partial charge on any atom is -0.316 e. The first kappa shape index (κ1) is 10.3. The van der Waals surface area contributed by atoms with Crippen LogP contribution in [-0.2, 0) is 6.54 Å². The van der Waals surface area contributed by atoms with Crippen molar-refractivity contribution in [3.05, 3.63) is 35.9 Å². The quantitative estimate of drug-likeness (QED) is 0.810. The predicted molar refractivity (Wildman–Crippen MR) is 66.2 cm³/mol. The second-order valence-electron chi connectivity index (χ2n) is 5.64. The Kier molecular flexibility index (Phi) is 2.49. The zero-order valence-electron chi connectivity index (χ0n) is 9.95. The first-order chi connectivity index (χ1) is 7.76. The highest BCUT2D eigenvalue weighted by Gasteiger charge is 2.45. The van der Waals surface area contributed by atoms with Crippen molar-refractivity contribution in [3.63, 3.8) is 0 Å². The van der Waals surface area contributed by atoms with Gasteiger partial charge in [-0.15, -0.1) is 0 Å². The molecule has 2 heterocycles. The van der Waals surface area contributed by atoms with Gasteiger partial charge in [0.15, 0.2) is 0 Å². The topological polar surface area (TPSA) is 15.3 Å². The Labute approximate surface area is 97.6 Å². The highest BCUT2D eigenvalue weighted by Crippen LogP contribution is 2.38. The molecule has 1 aromatic carbocycles. The number of nitrogens with one attached hydrogen (secondary N) is 1. The summed E-state index contributed by atoms with van der Waals surface area (Å²) in [4.78, 5) is 2.61. The SMILES string of the molecule is C[C@@]12CNC[C@H]1CN(Cc1ccccc1)C2. The van der Waals surface area contributed by atoms with E-state index in [9.17, 15) is 0 Å². The van der Waals surface area contributed by atoms with Gasteiger partial charge in [-0.1, -0.05) is 37.3 Å². The van der Waals surface area contributed by atoms with E-state index in [1.807, 2.05) is 0 Å². The van der Waals surface area contributed by atoms with Crippen LogP contribution in [-0.4, -0.2) is 31.1 Å². The molecule has 0 saturated carbocycles. The maximum Gasteiger partial charge on any atom is 0.0234 e. The number of hydrogen-bond acceptors (Lipinski definition) is 2. The summed E-state index contributed by atoms with van der Waals surface area (Å²) in [7, 11) is 0. The molecular formula is C14H20N2. The van der Waals surface area contributed by atoms with Crippen LogP contribution in [0.2, 0.25) is 0 Å². The van der Waals surface area contributed by atoms with Crippen LogP contribution in [0.5, 0.6) is 0 Å². The van der Waals surface area contributed by atoms with Crippen LogP contribution in [0, 0.1) is 11.3 Å². The fourth-order valence-corrected chi connectivity index (χ4v) is 3.24. The molecule has 2 aliphatic heterocycles. The third-order valence-electron chi connectivity index (χ3n) is 4.22. The maximum absolute atomic E-state index is 3.52. The second kappa shape index (κ2) is 3.86. The molecule has 0 bridgehead atoms. The summed E-state index contributed by atoms with van der Waals surface area (Å²) < 4.78 is 0. The smallest absolute Gasteiger partial charge is 0.0234 e. The third kappa shape index (κ3) is 1.76. The molecule has 1 N–H and O–H groups in total. The lowest BCUT2D eigenvalue weighted by atomic mass is 9.83. The maximum atomic E-state index is 3.52. The summed E-state index contributed by atoms with van der Waals surface area (Å²) in [5.74, 6) is 0.858. The van der Waals surface area contributed by atoms with E-state index in [1.165, 1.54) is 31.7 Å². The van der Waals surface area contributed by atoms with Crippen molar-refractivity contribution in [3.8, 4) is 0 Å². The van der Waals surface area contributed by atoms with Crippen LogP contribution < -0.4 is 5.32 Å². The molecule has 0 aliphatic carbocycles. The van der Waals surface area contributed by atoms with Crippen LogP contribution in [0.15, 0.2) is 30.3 Å². The minimum atomic E-state index is 0.523.